The Bertz CT molecular complexity index is 136. The number of rotatable bonds is 4. The van der Waals surface area contributed by atoms with E-state index < -0.39 is 17.1 Å². The molecule has 0 radical (unpaired) electrons. The molecule has 0 amide bonds. The minimum absolute atomic E-state index is 0.0506. The standard InChI is InChI=1S/C7H15NO3/c1-4-6(8(10)11)7(9)5(2)3/h5-7,9H,4H2,1-3H3/t6-,7+/m1/s1. The van der Waals surface area contributed by atoms with Crippen molar-refractivity contribution in [1.82, 2.24) is 0 Å². The summed E-state index contributed by atoms with van der Waals surface area (Å²) < 4.78 is 0. The molecule has 2 atom stereocenters. The van der Waals surface area contributed by atoms with Crippen LogP contribution in [0.2, 0.25) is 0 Å². The van der Waals surface area contributed by atoms with E-state index in [0.29, 0.717) is 6.42 Å². The fourth-order valence-electron chi connectivity index (χ4n) is 0.960. The third-order valence-corrected chi connectivity index (χ3v) is 1.77. The summed E-state index contributed by atoms with van der Waals surface area (Å²) in [5.74, 6) is -0.0506. The summed E-state index contributed by atoms with van der Waals surface area (Å²) in [6, 6.07) is -0.810. The van der Waals surface area contributed by atoms with Crippen LogP contribution in [0.1, 0.15) is 27.2 Å². The van der Waals surface area contributed by atoms with Gasteiger partial charge in [0.25, 0.3) is 0 Å². The molecule has 0 aromatic carbocycles. The molecular weight excluding hydrogens is 146 g/mol. The predicted molar refractivity (Wildman–Crippen MR) is 41.9 cm³/mol. The molecule has 66 valence electrons. The van der Waals surface area contributed by atoms with Gasteiger partial charge in [-0.1, -0.05) is 20.8 Å². The second-order valence-corrected chi connectivity index (χ2v) is 3.00. The smallest absolute Gasteiger partial charge is 0.238 e. The third kappa shape index (κ3) is 2.84. The molecule has 0 spiro atoms. The van der Waals surface area contributed by atoms with Crippen molar-refractivity contribution < 1.29 is 10.0 Å². The zero-order valence-corrected chi connectivity index (χ0v) is 7.15. The summed E-state index contributed by atoms with van der Waals surface area (Å²) in [6.45, 7) is 5.26. The number of aliphatic hydroxyl groups is 1. The van der Waals surface area contributed by atoms with E-state index >= 15 is 0 Å². The fourth-order valence-corrected chi connectivity index (χ4v) is 0.960. The van der Waals surface area contributed by atoms with Gasteiger partial charge in [-0.15, -0.1) is 0 Å². The van der Waals surface area contributed by atoms with Crippen LogP contribution < -0.4 is 0 Å². The van der Waals surface area contributed by atoms with E-state index in [1.165, 1.54) is 0 Å². The zero-order valence-electron chi connectivity index (χ0n) is 7.15. The van der Waals surface area contributed by atoms with Gasteiger partial charge in [0.2, 0.25) is 6.04 Å². The Kier molecular flexibility index (Phi) is 4.03. The average Bonchev–Trinajstić information content (AvgIpc) is 1.88. The van der Waals surface area contributed by atoms with Crippen LogP contribution >= 0.6 is 0 Å². The molecule has 4 nitrogen and oxygen atoms in total. The number of aliphatic hydroxyl groups excluding tert-OH is 1. The summed E-state index contributed by atoms with van der Waals surface area (Å²) in [7, 11) is 0. The van der Waals surface area contributed by atoms with Crippen LogP contribution in [-0.4, -0.2) is 22.2 Å². The van der Waals surface area contributed by atoms with Crippen molar-refractivity contribution in [2.75, 3.05) is 0 Å². The van der Waals surface area contributed by atoms with Gasteiger partial charge in [0, 0.05) is 11.3 Å². The molecular formula is C7H15NO3. The second kappa shape index (κ2) is 4.28. The van der Waals surface area contributed by atoms with Gasteiger partial charge in [-0.2, -0.15) is 0 Å². The average molecular weight is 161 g/mol. The van der Waals surface area contributed by atoms with Gasteiger partial charge in [-0.25, -0.2) is 0 Å². The molecule has 0 aliphatic carbocycles. The van der Waals surface area contributed by atoms with Crippen LogP contribution in [0.3, 0.4) is 0 Å². The number of hydrogen-bond acceptors (Lipinski definition) is 3. The Hall–Kier alpha value is -0.640. The highest BCUT2D eigenvalue weighted by Crippen LogP contribution is 2.11. The second-order valence-electron chi connectivity index (χ2n) is 3.00. The Labute approximate surface area is 66.4 Å². The lowest BCUT2D eigenvalue weighted by molar-refractivity contribution is -0.536. The third-order valence-electron chi connectivity index (χ3n) is 1.77. The molecule has 4 heteroatoms. The van der Waals surface area contributed by atoms with E-state index in [-0.39, 0.29) is 5.92 Å². The molecule has 0 aromatic heterocycles. The lowest BCUT2D eigenvalue weighted by Crippen LogP contribution is -2.36. The Morgan fingerprint density at radius 1 is 1.55 bits per heavy atom. The summed E-state index contributed by atoms with van der Waals surface area (Å²) >= 11 is 0. The first-order valence-electron chi connectivity index (χ1n) is 3.82. The van der Waals surface area contributed by atoms with E-state index in [9.17, 15) is 15.2 Å². The monoisotopic (exact) mass is 161 g/mol. The zero-order chi connectivity index (χ0) is 9.02. The molecule has 0 aliphatic rings. The van der Waals surface area contributed by atoms with Crippen LogP contribution in [0.25, 0.3) is 0 Å². The van der Waals surface area contributed by atoms with Crippen LogP contribution in [-0.2, 0) is 0 Å². The molecule has 0 fully saturated rings. The lowest BCUT2D eigenvalue weighted by atomic mass is 9.98. The normalized spacial score (nSPS) is 16.5. The molecule has 0 rings (SSSR count). The molecule has 0 aliphatic heterocycles. The van der Waals surface area contributed by atoms with E-state index in [0.717, 1.165) is 0 Å². The van der Waals surface area contributed by atoms with Crippen molar-refractivity contribution in [3.63, 3.8) is 0 Å². The Balaban J connectivity index is 4.14. The summed E-state index contributed by atoms with van der Waals surface area (Å²) in [4.78, 5) is 9.91. The van der Waals surface area contributed by atoms with Crippen molar-refractivity contribution in [1.29, 1.82) is 0 Å². The maximum atomic E-state index is 10.3. The first-order valence-corrected chi connectivity index (χ1v) is 3.82. The molecule has 0 heterocycles. The van der Waals surface area contributed by atoms with Gasteiger partial charge >= 0.3 is 0 Å². The van der Waals surface area contributed by atoms with E-state index in [1.54, 1.807) is 20.8 Å². The van der Waals surface area contributed by atoms with Crippen molar-refractivity contribution in [3.8, 4) is 0 Å². The van der Waals surface area contributed by atoms with Gasteiger partial charge < -0.3 is 5.11 Å². The summed E-state index contributed by atoms with van der Waals surface area (Å²) in [5, 5.41) is 19.6. The van der Waals surface area contributed by atoms with Gasteiger partial charge in [0.05, 0.1) is 0 Å². The molecule has 11 heavy (non-hydrogen) atoms. The SMILES string of the molecule is CC[C@H]([C@@H](O)C(C)C)[N+](=O)[O-]. The molecule has 0 saturated heterocycles. The molecule has 0 saturated carbocycles. The maximum absolute atomic E-state index is 10.3. The largest absolute Gasteiger partial charge is 0.386 e. The Morgan fingerprint density at radius 3 is 2.09 bits per heavy atom. The van der Waals surface area contributed by atoms with Gasteiger partial charge in [-0.05, 0) is 5.92 Å². The van der Waals surface area contributed by atoms with Crippen LogP contribution in [0.5, 0.6) is 0 Å². The summed E-state index contributed by atoms with van der Waals surface area (Å²) in [6.07, 6.45) is -0.443. The highest BCUT2D eigenvalue weighted by Gasteiger charge is 2.29. The minimum Gasteiger partial charge on any atom is -0.386 e. The first kappa shape index (κ1) is 10.4. The highest BCUT2D eigenvalue weighted by atomic mass is 16.6. The van der Waals surface area contributed by atoms with Crippen LogP contribution in [0.15, 0.2) is 0 Å². The molecule has 0 aromatic rings. The first-order chi connectivity index (χ1) is 5.00. The summed E-state index contributed by atoms with van der Waals surface area (Å²) in [5.41, 5.74) is 0. The quantitative estimate of drug-likeness (QED) is 0.495. The number of nitrogens with zero attached hydrogens (tertiary/aromatic N) is 1. The van der Waals surface area contributed by atoms with Gasteiger partial charge in [-0.3, -0.25) is 10.1 Å². The Morgan fingerprint density at radius 2 is 2.00 bits per heavy atom. The molecule has 0 bridgehead atoms. The molecule has 0 unspecified atom stereocenters. The maximum Gasteiger partial charge on any atom is 0.238 e. The van der Waals surface area contributed by atoms with Crippen LogP contribution in [0.4, 0.5) is 0 Å². The highest BCUT2D eigenvalue weighted by molar-refractivity contribution is 4.69. The van der Waals surface area contributed by atoms with Crippen LogP contribution in [0, 0.1) is 16.0 Å². The van der Waals surface area contributed by atoms with Gasteiger partial charge in [0.15, 0.2) is 0 Å². The van der Waals surface area contributed by atoms with E-state index in [2.05, 4.69) is 0 Å². The predicted octanol–water partition coefficient (Wildman–Crippen LogP) is 1.06. The van der Waals surface area contributed by atoms with Gasteiger partial charge in [0.1, 0.15) is 6.10 Å². The van der Waals surface area contributed by atoms with Crippen molar-refractivity contribution in [2.24, 2.45) is 5.92 Å². The number of hydrogen-bond donors (Lipinski definition) is 1. The van der Waals surface area contributed by atoms with Crippen molar-refractivity contribution in [2.45, 2.75) is 39.3 Å². The molecule has 1 N–H and O–H groups in total. The number of nitro groups is 1. The van der Waals surface area contributed by atoms with E-state index in [4.69, 9.17) is 0 Å². The van der Waals surface area contributed by atoms with E-state index in [1.807, 2.05) is 0 Å². The minimum atomic E-state index is -0.824. The van der Waals surface area contributed by atoms with Crippen molar-refractivity contribution >= 4 is 0 Å². The van der Waals surface area contributed by atoms with Crippen molar-refractivity contribution in [3.05, 3.63) is 10.1 Å². The lowest BCUT2D eigenvalue weighted by Gasteiger charge is -2.17. The topological polar surface area (TPSA) is 63.4 Å². The fraction of sp³-hybridized carbons (Fsp3) is 1.00.